The number of fused-ring (bicyclic) bond motifs is 1. The van der Waals surface area contributed by atoms with Gasteiger partial charge in [-0.1, -0.05) is 18.2 Å². The molecule has 3 aromatic rings. The van der Waals surface area contributed by atoms with Gasteiger partial charge in [0.25, 0.3) is 0 Å². The van der Waals surface area contributed by atoms with Gasteiger partial charge in [-0.15, -0.1) is 34.2 Å². The third-order valence-corrected chi connectivity index (χ3v) is 4.18. The number of aliphatic hydroxyl groups excluding tert-OH is 1. The van der Waals surface area contributed by atoms with Crippen LogP contribution in [-0.2, 0) is 6.54 Å². The van der Waals surface area contributed by atoms with E-state index in [4.69, 9.17) is 4.74 Å². The summed E-state index contributed by atoms with van der Waals surface area (Å²) in [6, 6.07) is 13.3. The fourth-order valence-corrected chi connectivity index (χ4v) is 2.87. The van der Waals surface area contributed by atoms with Gasteiger partial charge in [0.15, 0.2) is 17.4 Å². The summed E-state index contributed by atoms with van der Waals surface area (Å²) >= 11 is 0. The molecule has 0 aliphatic rings. The van der Waals surface area contributed by atoms with Crippen LogP contribution in [0.1, 0.15) is 38.3 Å². The third kappa shape index (κ3) is 6.56. The second-order valence-corrected chi connectivity index (χ2v) is 6.88. The molecule has 3 rings (SSSR count). The minimum atomic E-state index is -0.691. The largest absolute Gasteiger partial charge is 0.491 e. The zero-order valence-electron chi connectivity index (χ0n) is 17.4. The van der Waals surface area contributed by atoms with Crippen molar-refractivity contribution in [3.63, 3.8) is 0 Å². The van der Waals surface area contributed by atoms with Crippen LogP contribution in [0.25, 0.3) is 5.65 Å². The number of aliphatic imine (C=N–C) groups is 1. The van der Waals surface area contributed by atoms with Crippen molar-refractivity contribution < 1.29 is 9.84 Å². The Hall–Kier alpha value is -2.40. The van der Waals surface area contributed by atoms with E-state index < -0.39 is 6.10 Å². The molecule has 2 heterocycles. The van der Waals surface area contributed by atoms with Gasteiger partial charge < -0.3 is 20.5 Å². The van der Waals surface area contributed by atoms with Gasteiger partial charge in [0, 0.05) is 19.3 Å². The summed E-state index contributed by atoms with van der Waals surface area (Å²) in [7, 11) is 0. The maximum Gasteiger partial charge on any atom is 0.191 e. The molecular formula is C21H29IN6O2. The maximum atomic E-state index is 10.6. The van der Waals surface area contributed by atoms with E-state index in [0.29, 0.717) is 25.6 Å². The molecule has 0 bridgehead atoms. The molecule has 8 nitrogen and oxygen atoms in total. The number of aromatic nitrogens is 3. The first-order chi connectivity index (χ1) is 14.1. The molecule has 162 valence electrons. The van der Waals surface area contributed by atoms with Crippen molar-refractivity contribution in [2.24, 2.45) is 4.99 Å². The molecule has 2 aromatic heterocycles. The Kier molecular flexibility index (Phi) is 9.31. The van der Waals surface area contributed by atoms with Gasteiger partial charge in [0.2, 0.25) is 0 Å². The van der Waals surface area contributed by atoms with E-state index >= 15 is 0 Å². The molecule has 0 aliphatic heterocycles. The van der Waals surface area contributed by atoms with Gasteiger partial charge in [-0.25, -0.2) is 4.99 Å². The van der Waals surface area contributed by atoms with Crippen molar-refractivity contribution in [1.29, 1.82) is 0 Å². The van der Waals surface area contributed by atoms with Crippen LogP contribution < -0.4 is 15.4 Å². The summed E-state index contributed by atoms with van der Waals surface area (Å²) in [6.07, 6.45) is 1.31. The minimum Gasteiger partial charge on any atom is -0.491 e. The number of rotatable bonds is 8. The van der Waals surface area contributed by atoms with Gasteiger partial charge >= 0.3 is 0 Å². The van der Waals surface area contributed by atoms with Gasteiger partial charge in [0.1, 0.15) is 12.3 Å². The normalized spacial score (nSPS) is 12.5. The number of guanidine groups is 1. The average molecular weight is 524 g/mol. The Balaban J connectivity index is 0.00000320. The van der Waals surface area contributed by atoms with Crippen molar-refractivity contribution in [2.75, 3.05) is 13.1 Å². The molecule has 3 N–H and O–H groups in total. The SMILES string of the molecule is CCNC(=NCc1nnc2ccccn12)NCC(O)c1cccc(OC(C)C)c1.I. The number of nitrogens with zero attached hydrogens (tertiary/aromatic N) is 4. The second-order valence-electron chi connectivity index (χ2n) is 6.88. The number of halogens is 1. The first kappa shape index (κ1) is 23.9. The highest BCUT2D eigenvalue weighted by atomic mass is 127. The van der Waals surface area contributed by atoms with Gasteiger partial charge in [-0.05, 0) is 50.6 Å². The Labute approximate surface area is 193 Å². The van der Waals surface area contributed by atoms with E-state index in [1.165, 1.54) is 0 Å². The van der Waals surface area contributed by atoms with Crippen molar-refractivity contribution in [3.05, 3.63) is 60.0 Å². The predicted molar refractivity (Wildman–Crippen MR) is 128 cm³/mol. The van der Waals surface area contributed by atoms with E-state index in [2.05, 4.69) is 25.8 Å². The van der Waals surface area contributed by atoms with Crippen molar-refractivity contribution in [3.8, 4) is 5.75 Å². The summed E-state index contributed by atoms with van der Waals surface area (Å²) in [5.41, 5.74) is 1.57. The molecule has 0 saturated heterocycles. The summed E-state index contributed by atoms with van der Waals surface area (Å²) < 4.78 is 7.61. The highest BCUT2D eigenvalue weighted by Gasteiger charge is 2.11. The third-order valence-electron chi connectivity index (χ3n) is 4.18. The summed E-state index contributed by atoms with van der Waals surface area (Å²) in [6.45, 7) is 7.34. The summed E-state index contributed by atoms with van der Waals surface area (Å²) in [4.78, 5) is 4.56. The monoisotopic (exact) mass is 524 g/mol. The van der Waals surface area contributed by atoms with Crippen molar-refractivity contribution >= 4 is 35.6 Å². The highest BCUT2D eigenvalue weighted by molar-refractivity contribution is 14.0. The fourth-order valence-electron chi connectivity index (χ4n) is 2.87. The average Bonchev–Trinajstić information content (AvgIpc) is 3.13. The molecule has 0 saturated carbocycles. The lowest BCUT2D eigenvalue weighted by molar-refractivity contribution is 0.179. The lowest BCUT2D eigenvalue weighted by Gasteiger charge is -2.17. The van der Waals surface area contributed by atoms with E-state index in [1.807, 2.05) is 73.8 Å². The number of hydrogen-bond donors (Lipinski definition) is 3. The molecule has 9 heteroatoms. The lowest BCUT2D eigenvalue weighted by Crippen LogP contribution is -2.39. The number of ether oxygens (including phenoxy) is 1. The molecular weight excluding hydrogens is 495 g/mol. The molecule has 0 aliphatic carbocycles. The standard InChI is InChI=1S/C21H28N6O2.HI/c1-4-22-21(24-14-20-26-25-19-10-5-6-11-27(19)20)23-13-18(28)16-8-7-9-17(12-16)29-15(2)3;/h5-12,15,18,28H,4,13-14H2,1-3H3,(H2,22,23,24);1H. The van der Waals surface area contributed by atoms with E-state index in [0.717, 1.165) is 22.8 Å². The first-order valence-electron chi connectivity index (χ1n) is 9.82. The molecule has 0 spiro atoms. The molecule has 1 atom stereocenters. The van der Waals surface area contributed by atoms with E-state index in [-0.39, 0.29) is 30.1 Å². The Morgan fingerprint density at radius 3 is 2.77 bits per heavy atom. The Morgan fingerprint density at radius 2 is 2.00 bits per heavy atom. The Morgan fingerprint density at radius 1 is 1.17 bits per heavy atom. The maximum absolute atomic E-state index is 10.6. The van der Waals surface area contributed by atoms with Crippen LogP contribution in [0.2, 0.25) is 0 Å². The molecule has 0 fully saturated rings. The smallest absolute Gasteiger partial charge is 0.191 e. The zero-order chi connectivity index (χ0) is 20.6. The predicted octanol–water partition coefficient (Wildman–Crippen LogP) is 2.92. The number of hydrogen-bond acceptors (Lipinski definition) is 5. The number of nitrogens with one attached hydrogen (secondary N) is 2. The zero-order valence-corrected chi connectivity index (χ0v) is 19.8. The van der Waals surface area contributed by atoms with Crippen LogP contribution in [0.5, 0.6) is 5.75 Å². The molecule has 0 radical (unpaired) electrons. The quantitative estimate of drug-likeness (QED) is 0.238. The van der Waals surface area contributed by atoms with Gasteiger partial charge in [-0.3, -0.25) is 4.40 Å². The van der Waals surface area contributed by atoms with Gasteiger partial charge in [-0.2, -0.15) is 0 Å². The van der Waals surface area contributed by atoms with Crippen LogP contribution in [0.15, 0.2) is 53.7 Å². The topological polar surface area (TPSA) is 96.1 Å². The number of benzene rings is 1. The lowest BCUT2D eigenvalue weighted by atomic mass is 10.1. The minimum absolute atomic E-state index is 0. The molecule has 1 unspecified atom stereocenters. The van der Waals surface area contributed by atoms with E-state index in [9.17, 15) is 5.11 Å². The van der Waals surface area contributed by atoms with Crippen LogP contribution in [0.3, 0.4) is 0 Å². The molecule has 30 heavy (non-hydrogen) atoms. The first-order valence-corrected chi connectivity index (χ1v) is 9.82. The van der Waals surface area contributed by atoms with Crippen LogP contribution >= 0.6 is 24.0 Å². The number of pyridine rings is 1. The van der Waals surface area contributed by atoms with Crippen LogP contribution in [0.4, 0.5) is 0 Å². The van der Waals surface area contributed by atoms with Crippen molar-refractivity contribution in [1.82, 2.24) is 25.2 Å². The van der Waals surface area contributed by atoms with Crippen LogP contribution in [-0.4, -0.2) is 44.9 Å². The van der Waals surface area contributed by atoms with Crippen molar-refractivity contribution in [2.45, 2.75) is 39.5 Å². The summed E-state index contributed by atoms with van der Waals surface area (Å²) in [5, 5.41) is 25.3. The van der Waals surface area contributed by atoms with E-state index in [1.54, 1.807) is 0 Å². The van der Waals surface area contributed by atoms with Gasteiger partial charge in [0.05, 0.1) is 12.2 Å². The molecule has 1 aromatic carbocycles. The fraction of sp³-hybridized carbons (Fsp3) is 0.381. The Bertz CT molecular complexity index is 959. The molecule has 0 amide bonds. The number of aliphatic hydroxyl groups is 1. The highest BCUT2D eigenvalue weighted by Crippen LogP contribution is 2.20. The van der Waals surface area contributed by atoms with Crippen LogP contribution in [0, 0.1) is 0 Å². The summed E-state index contributed by atoms with van der Waals surface area (Å²) in [5.74, 6) is 2.10. The second kappa shape index (κ2) is 11.7.